The molecule has 2 rings (SSSR count). The lowest BCUT2D eigenvalue weighted by Gasteiger charge is -2.12. The number of amides is 1. The fraction of sp³-hybridized carbons (Fsp3) is 0.467. The van der Waals surface area contributed by atoms with E-state index in [2.05, 4.69) is 5.32 Å². The first-order chi connectivity index (χ1) is 9.54. The van der Waals surface area contributed by atoms with Crippen LogP contribution >= 0.6 is 11.8 Å². The van der Waals surface area contributed by atoms with Crippen LogP contribution in [0.15, 0.2) is 29.2 Å². The summed E-state index contributed by atoms with van der Waals surface area (Å²) in [5, 5.41) is 11.8. The van der Waals surface area contributed by atoms with Gasteiger partial charge in [-0.05, 0) is 38.3 Å². The van der Waals surface area contributed by atoms with Crippen molar-refractivity contribution in [3.63, 3.8) is 0 Å². The molecule has 20 heavy (non-hydrogen) atoms. The average molecular weight is 293 g/mol. The third-order valence-electron chi connectivity index (χ3n) is 3.54. The minimum Gasteiger partial charge on any atom is -0.481 e. The number of carboxylic acid groups (broad SMARTS) is 1. The second-order valence-electron chi connectivity index (χ2n) is 5.21. The maximum atomic E-state index is 11.8. The summed E-state index contributed by atoms with van der Waals surface area (Å²) in [6, 6.07) is 8.07. The van der Waals surface area contributed by atoms with E-state index < -0.39 is 5.97 Å². The fourth-order valence-corrected chi connectivity index (χ4v) is 3.10. The van der Waals surface area contributed by atoms with Crippen LogP contribution in [0.1, 0.15) is 24.8 Å². The van der Waals surface area contributed by atoms with Gasteiger partial charge in [0, 0.05) is 10.9 Å². The van der Waals surface area contributed by atoms with Gasteiger partial charge >= 0.3 is 5.97 Å². The van der Waals surface area contributed by atoms with Gasteiger partial charge in [0.05, 0.1) is 11.7 Å². The van der Waals surface area contributed by atoms with Crippen LogP contribution in [0.2, 0.25) is 0 Å². The number of rotatable bonds is 5. The van der Waals surface area contributed by atoms with Crippen molar-refractivity contribution in [1.82, 2.24) is 5.32 Å². The molecular weight excluding hydrogens is 274 g/mol. The first kappa shape index (κ1) is 14.9. The molecule has 0 radical (unpaired) electrons. The van der Waals surface area contributed by atoms with Crippen molar-refractivity contribution in [3.8, 4) is 0 Å². The van der Waals surface area contributed by atoms with Crippen LogP contribution in [-0.2, 0) is 9.59 Å². The number of thioether (sulfide) groups is 1. The number of hydrogen-bond donors (Lipinski definition) is 2. The van der Waals surface area contributed by atoms with Gasteiger partial charge in [-0.2, -0.15) is 0 Å². The number of carbonyl (C=O) groups is 2. The van der Waals surface area contributed by atoms with E-state index in [0.29, 0.717) is 18.6 Å². The van der Waals surface area contributed by atoms with Crippen LogP contribution in [0.5, 0.6) is 0 Å². The second kappa shape index (κ2) is 6.79. The van der Waals surface area contributed by atoms with E-state index in [-0.39, 0.29) is 17.9 Å². The lowest BCUT2D eigenvalue weighted by molar-refractivity contribution is -0.141. The molecule has 1 amide bonds. The van der Waals surface area contributed by atoms with Crippen molar-refractivity contribution in [3.05, 3.63) is 29.8 Å². The molecule has 0 bridgehead atoms. The summed E-state index contributed by atoms with van der Waals surface area (Å²) in [5.41, 5.74) is 1.20. The van der Waals surface area contributed by atoms with Crippen LogP contribution in [0, 0.1) is 12.8 Å². The van der Waals surface area contributed by atoms with E-state index in [4.69, 9.17) is 5.11 Å². The Kier molecular flexibility index (Phi) is 5.06. The molecule has 5 heteroatoms. The van der Waals surface area contributed by atoms with Gasteiger partial charge < -0.3 is 10.4 Å². The first-order valence-electron chi connectivity index (χ1n) is 6.76. The van der Waals surface area contributed by atoms with Crippen molar-refractivity contribution in [2.75, 3.05) is 5.75 Å². The maximum absolute atomic E-state index is 11.8. The SMILES string of the molecule is Cc1ccc(SCC(=O)NC2CCC(C(=O)O)C2)cc1. The summed E-state index contributed by atoms with van der Waals surface area (Å²) in [7, 11) is 0. The highest BCUT2D eigenvalue weighted by Crippen LogP contribution is 2.26. The number of aryl methyl sites for hydroxylation is 1. The number of carboxylic acids is 1. The van der Waals surface area contributed by atoms with E-state index in [1.807, 2.05) is 31.2 Å². The van der Waals surface area contributed by atoms with Gasteiger partial charge in [0.2, 0.25) is 5.91 Å². The molecule has 2 unspecified atom stereocenters. The quantitative estimate of drug-likeness (QED) is 0.818. The molecule has 1 aromatic rings. The predicted octanol–water partition coefficient (Wildman–Crippen LogP) is 2.46. The molecule has 2 atom stereocenters. The number of carbonyl (C=O) groups excluding carboxylic acids is 1. The molecule has 0 spiro atoms. The Morgan fingerprint density at radius 3 is 2.60 bits per heavy atom. The molecule has 1 aromatic carbocycles. The van der Waals surface area contributed by atoms with E-state index in [0.717, 1.165) is 11.3 Å². The van der Waals surface area contributed by atoms with Crippen LogP contribution < -0.4 is 5.32 Å². The van der Waals surface area contributed by atoms with Gasteiger partial charge in [-0.3, -0.25) is 9.59 Å². The van der Waals surface area contributed by atoms with E-state index in [1.54, 1.807) is 0 Å². The molecule has 1 saturated carbocycles. The number of nitrogens with one attached hydrogen (secondary N) is 1. The Morgan fingerprint density at radius 2 is 2.00 bits per heavy atom. The highest BCUT2D eigenvalue weighted by Gasteiger charge is 2.30. The lowest BCUT2D eigenvalue weighted by atomic mass is 10.1. The van der Waals surface area contributed by atoms with Crippen molar-refractivity contribution in [2.45, 2.75) is 37.1 Å². The Morgan fingerprint density at radius 1 is 1.30 bits per heavy atom. The standard InChI is InChI=1S/C15H19NO3S/c1-10-2-6-13(7-3-10)20-9-14(17)16-12-5-4-11(8-12)15(18)19/h2-3,6-7,11-12H,4-5,8-9H2,1H3,(H,16,17)(H,18,19). The van der Waals surface area contributed by atoms with Crippen LogP contribution in [0.3, 0.4) is 0 Å². The molecule has 1 aliphatic rings. The average Bonchev–Trinajstić information content (AvgIpc) is 2.87. The van der Waals surface area contributed by atoms with Gasteiger partial charge in [-0.1, -0.05) is 17.7 Å². The summed E-state index contributed by atoms with van der Waals surface area (Å²) in [6.45, 7) is 2.03. The molecule has 2 N–H and O–H groups in total. The third kappa shape index (κ3) is 4.27. The van der Waals surface area contributed by atoms with Crippen LogP contribution in [-0.4, -0.2) is 28.8 Å². The zero-order valence-electron chi connectivity index (χ0n) is 11.5. The highest BCUT2D eigenvalue weighted by molar-refractivity contribution is 8.00. The van der Waals surface area contributed by atoms with Gasteiger partial charge in [0.25, 0.3) is 0 Å². The Hall–Kier alpha value is -1.49. The second-order valence-corrected chi connectivity index (χ2v) is 6.26. The van der Waals surface area contributed by atoms with Gasteiger partial charge in [-0.15, -0.1) is 11.8 Å². The topological polar surface area (TPSA) is 66.4 Å². The van der Waals surface area contributed by atoms with E-state index in [9.17, 15) is 9.59 Å². The van der Waals surface area contributed by atoms with Crippen LogP contribution in [0.25, 0.3) is 0 Å². The smallest absolute Gasteiger partial charge is 0.306 e. The van der Waals surface area contributed by atoms with Crippen molar-refractivity contribution < 1.29 is 14.7 Å². The summed E-state index contributed by atoms with van der Waals surface area (Å²) < 4.78 is 0. The molecule has 0 saturated heterocycles. The molecular formula is C15H19NO3S. The van der Waals surface area contributed by atoms with Crippen molar-refractivity contribution in [2.24, 2.45) is 5.92 Å². The first-order valence-corrected chi connectivity index (χ1v) is 7.75. The van der Waals surface area contributed by atoms with Gasteiger partial charge in [0.15, 0.2) is 0 Å². The third-order valence-corrected chi connectivity index (χ3v) is 4.55. The number of aliphatic carboxylic acids is 1. The highest BCUT2D eigenvalue weighted by atomic mass is 32.2. The molecule has 0 aromatic heterocycles. The van der Waals surface area contributed by atoms with Crippen molar-refractivity contribution in [1.29, 1.82) is 0 Å². The minimum absolute atomic E-state index is 0.0159. The fourth-order valence-electron chi connectivity index (χ4n) is 2.39. The predicted molar refractivity (Wildman–Crippen MR) is 78.8 cm³/mol. The number of hydrogen-bond acceptors (Lipinski definition) is 3. The van der Waals surface area contributed by atoms with E-state index >= 15 is 0 Å². The Bertz CT molecular complexity index is 486. The molecule has 4 nitrogen and oxygen atoms in total. The molecule has 1 aliphatic carbocycles. The van der Waals surface area contributed by atoms with Crippen LogP contribution in [0.4, 0.5) is 0 Å². The zero-order chi connectivity index (χ0) is 14.5. The molecule has 108 valence electrons. The monoisotopic (exact) mass is 293 g/mol. The number of benzene rings is 1. The maximum Gasteiger partial charge on any atom is 0.306 e. The minimum atomic E-state index is -0.754. The van der Waals surface area contributed by atoms with Crippen molar-refractivity contribution >= 4 is 23.6 Å². The molecule has 0 aliphatic heterocycles. The summed E-state index contributed by atoms with van der Waals surface area (Å²) in [5.74, 6) is -0.704. The Labute approximate surface area is 123 Å². The largest absolute Gasteiger partial charge is 0.481 e. The summed E-state index contributed by atoms with van der Waals surface area (Å²) in [4.78, 5) is 23.8. The normalized spacial score (nSPS) is 21.6. The van der Waals surface area contributed by atoms with Gasteiger partial charge in [0.1, 0.15) is 0 Å². The Balaban J connectivity index is 1.73. The molecule has 1 fully saturated rings. The molecule has 0 heterocycles. The summed E-state index contributed by atoms with van der Waals surface area (Å²) >= 11 is 1.50. The zero-order valence-corrected chi connectivity index (χ0v) is 12.3. The van der Waals surface area contributed by atoms with Gasteiger partial charge in [-0.25, -0.2) is 0 Å². The summed E-state index contributed by atoms with van der Waals surface area (Å²) in [6.07, 6.45) is 1.97. The lowest BCUT2D eigenvalue weighted by Crippen LogP contribution is -2.34. The van der Waals surface area contributed by atoms with E-state index in [1.165, 1.54) is 17.3 Å².